The van der Waals surface area contributed by atoms with Crippen LogP contribution < -0.4 is 22.1 Å². The van der Waals surface area contributed by atoms with Crippen LogP contribution in [-0.4, -0.2) is 93.7 Å². The summed E-state index contributed by atoms with van der Waals surface area (Å²) >= 11 is 0. The van der Waals surface area contributed by atoms with Crippen molar-refractivity contribution >= 4 is 29.6 Å². The molecule has 4 unspecified atom stereocenters. The van der Waals surface area contributed by atoms with Crippen LogP contribution in [0, 0.1) is 0 Å². The van der Waals surface area contributed by atoms with Crippen molar-refractivity contribution in [3.63, 3.8) is 0 Å². The van der Waals surface area contributed by atoms with Crippen molar-refractivity contribution < 1.29 is 39.3 Å². The van der Waals surface area contributed by atoms with E-state index in [-0.39, 0.29) is 25.8 Å². The van der Waals surface area contributed by atoms with Gasteiger partial charge in [0.1, 0.15) is 24.2 Å². The third-order valence-corrected chi connectivity index (χ3v) is 4.46. The molecule has 1 fully saturated rings. The number of nitrogens with one attached hydrogen (secondary N) is 2. The third-order valence-electron chi connectivity index (χ3n) is 4.46. The quantitative estimate of drug-likeness (QED) is 0.172. The molecule has 0 aromatic carbocycles. The molecule has 0 aliphatic carbocycles. The van der Waals surface area contributed by atoms with Crippen LogP contribution in [-0.2, 0) is 24.0 Å². The fraction of sp³-hybridized carbons (Fsp3) is 0.688. The van der Waals surface area contributed by atoms with Gasteiger partial charge in [-0.15, -0.1) is 0 Å². The molecule has 1 aliphatic rings. The summed E-state index contributed by atoms with van der Waals surface area (Å²) in [7, 11) is 0. The number of aliphatic hydroxyl groups is 2. The van der Waals surface area contributed by atoms with Gasteiger partial charge in [-0.3, -0.25) is 19.2 Å². The number of primary amides is 1. The van der Waals surface area contributed by atoms with Crippen molar-refractivity contribution in [2.75, 3.05) is 19.8 Å². The highest BCUT2D eigenvalue weighted by molar-refractivity contribution is 5.94. The first-order valence-corrected chi connectivity index (χ1v) is 9.02. The summed E-state index contributed by atoms with van der Waals surface area (Å²) in [6.45, 7) is -1.26. The van der Waals surface area contributed by atoms with Gasteiger partial charge in [0.25, 0.3) is 0 Å². The summed E-state index contributed by atoms with van der Waals surface area (Å²) in [5.74, 6) is -4.40. The number of nitrogens with two attached hydrogens (primary N) is 2. The van der Waals surface area contributed by atoms with Crippen LogP contribution in [0.3, 0.4) is 0 Å². The summed E-state index contributed by atoms with van der Waals surface area (Å²) in [6.07, 6.45) is 0.257. The molecule has 1 saturated heterocycles. The molecule has 1 aliphatic heterocycles. The first kappa shape index (κ1) is 24.3. The molecule has 1 rings (SSSR count). The lowest BCUT2D eigenvalue weighted by molar-refractivity contribution is -0.145. The van der Waals surface area contributed by atoms with Crippen molar-refractivity contribution in [3.8, 4) is 0 Å². The highest BCUT2D eigenvalue weighted by Crippen LogP contribution is 2.19. The largest absolute Gasteiger partial charge is 0.480 e. The zero-order chi connectivity index (χ0) is 22.1. The number of aliphatic hydroxyl groups excluding tert-OH is 2. The lowest BCUT2D eigenvalue weighted by atomic mass is 10.1. The Morgan fingerprint density at radius 3 is 2.24 bits per heavy atom. The second kappa shape index (κ2) is 11.3. The van der Waals surface area contributed by atoms with Crippen LogP contribution in [0.4, 0.5) is 0 Å². The van der Waals surface area contributed by atoms with Gasteiger partial charge in [-0.05, 0) is 19.3 Å². The first-order chi connectivity index (χ1) is 13.6. The minimum atomic E-state index is -1.38. The first-order valence-electron chi connectivity index (χ1n) is 9.02. The second-order valence-electron chi connectivity index (χ2n) is 6.63. The highest BCUT2D eigenvalue weighted by atomic mass is 16.4. The Bertz CT molecular complexity index is 643. The minimum absolute atomic E-state index is 0.161. The zero-order valence-electron chi connectivity index (χ0n) is 15.7. The molecule has 0 bridgehead atoms. The molecule has 0 saturated carbocycles. The maximum Gasteiger partial charge on any atom is 0.326 e. The summed E-state index contributed by atoms with van der Waals surface area (Å²) in [4.78, 5) is 60.2. The van der Waals surface area contributed by atoms with E-state index >= 15 is 0 Å². The number of likely N-dealkylation sites (tertiary alicyclic amines) is 1. The molecule has 4 atom stereocenters. The molecular formula is C16H27N5O8. The Morgan fingerprint density at radius 2 is 1.72 bits per heavy atom. The smallest absolute Gasteiger partial charge is 0.326 e. The average molecular weight is 417 g/mol. The summed E-state index contributed by atoms with van der Waals surface area (Å²) in [5, 5.41) is 32.0. The van der Waals surface area contributed by atoms with E-state index in [1.54, 1.807) is 0 Å². The summed E-state index contributed by atoms with van der Waals surface area (Å²) in [5.41, 5.74) is 10.4. The van der Waals surface area contributed by atoms with Gasteiger partial charge in [-0.25, -0.2) is 4.79 Å². The number of rotatable bonds is 11. The number of carbonyl (C=O) groups is 5. The van der Waals surface area contributed by atoms with E-state index in [2.05, 4.69) is 10.6 Å². The average Bonchev–Trinajstić information content (AvgIpc) is 3.17. The molecule has 13 heteroatoms. The van der Waals surface area contributed by atoms with Crippen molar-refractivity contribution in [3.05, 3.63) is 0 Å². The van der Waals surface area contributed by atoms with Crippen molar-refractivity contribution in [2.24, 2.45) is 11.5 Å². The number of carboxylic acids is 1. The maximum atomic E-state index is 12.7. The fourth-order valence-corrected chi connectivity index (χ4v) is 2.86. The third kappa shape index (κ3) is 6.96. The van der Waals surface area contributed by atoms with Gasteiger partial charge in [0, 0.05) is 13.0 Å². The fourth-order valence-electron chi connectivity index (χ4n) is 2.86. The zero-order valence-corrected chi connectivity index (χ0v) is 15.7. The van der Waals surface area contributed by atoms with Gasteiger partial charge in [0.2, 0.25) is 23.6 Å². The van der Waals surface area contributed by atoms with Crippen LogP contribution >= 0.6 is 0 Å². The standard InChI is InChI=1S/C16H27N5O8/c17-8(6-22)13(25)20-10(7-23)15(27)21-5-1-2-11(21)14(26)19-9(16(28)29)3-4-12(18)24/h8-11,22-23H,1-7,17H2,(H2,18,24)(H,19,26)(H,20,25)(H,28,29). The molecule has 0 aromatic rings. The molecule has 29 heavy (non-hydrogen) atoms. The van der Waals surface area contributed by atoms with E-state index in [4.69, 9.17) is 16.6 Å². The van der Waals surface area contributed by atoms with E-state index < -0.39 is 67.0 Å². The van der Waals surface area contributed by atoms with E-state index in [0.717, 1.165) is 4.90 Å². The van der Waals surface area contributed by atoms with E-state index in [0.29, 0.717) is 6.42 Å². The van der Waals surface area contributed by atoms with E-state index in [9.17, 15) is 34.2 Å². The number of hydrogen-bond acceptors (Lipinski definition) is 8. The molecule has 0 aromatic heterocycles. The Hall–Kier alpha value is -2.77. The van der Waals surface area contributed by atoms with Crippen LogP contribution in [0.15, 0.2) is 0 Å². The van der Waals surface area contributed by atoms with E-state index in [1.165, 1.54) is 0 Å². The van der Waals surface area contributed by atoms with Crippen molar-refractivity contribution in [1.29, 1.82) is 0 Å². The van der Waals surface area contributed by atoms with E-state index in [1.807, 2.05) is 0 Å². The number of carbonyl (C=O) groups excluding carboxylic acids is 4. The Kier molecular flexibility index (Phi) is 9.44. The molecule has 9 N–H and O–H groups in total. The topological polar surface area (TPSA) is 225 Å². The van der Waals surface area contributed by atoms with Gasteiger partial charge in [0.15, 0.2) is 0 Å². The van der Waals surface area contributed by atoms with Crippen LogP contribution in [0.2, 0.25) is 0 Å². The van der Waals surface area contributed by atoms with Crippen LogP contribution in [0.1, 0.15) is 25.7 Å². The Labute approximate surface area is 166 Å². The van der Waals surface area contributed by atoms with Crippen LogP contribution in [0.5, 0.6) is 0 Å². The molecule has 4 amide bonds. The molecular weight excluding hydrogens is 390 g/mol. The van der Waals surface area contributed by atoms with Gasteiger partial charge in [-0.2, -0.15) is 0 Å². The molecule has 13 nitrogen and oxygen atoms in total. The van der Waals surface area contributed by atoms with Gasteiger partial charge in [0.05, 0.1) is 13.2 Å². The molecule has 0 spiro atoms. The number of amides is 4. The van der Waals surface area contributed by atoms with Crippen molar-refractivity contribution in [2.45, 2.75) is 49.9 Å². The minimum Gasteiger partial charge on any atom is -0.480 e. The van der Waals surface area contributed by atoms with Gasteiger partial charge in [-0.1, -0.05) is 0 Å². The van der Waals surface area contributed by atoms with Crippen LogP contribution in [0.25, 0.3) is 0 Å². The SMILES string of the molecule is NC(=O)CCC(NC(=O)C1CCCN1C(=O)C(CO)NC(=O)C(N)CO)C(=O)O. The molecule has 164 valence electrons. The normalized spacial score (nSPS) is 19.1. The predicted molar refractivity (Wildman–Crippen MR) is 96.8 cm³/mol. The van der Waals surface area contributed by atoms with Gasteiger partial charge < -0.3 is 42.3 Å². The predicted octanol–water partition coefficient (Wildman–Crippen LogP) is -4.39. The Morgan fingerprint density at radius 1 is 1.07 bits per heavy atom. The van der Waals surface area contributed by atoms with Gasteiger partial charge >= 0.3 is 5.97 Å². The highest BCUT2D eigenvalue weighted by Gasteiger charge is 2.38. The lowest BCUT2D eigenvalue weighted by Crippen LogP contribution is -2.58. The van der Waals surface area contributed by atoms with Crippen molar-refractivity contribution in [1.82, 2.24) is 15.5 Å². The molecule has 0 radical (unpaired) electrons. The lowest BCUT2D eigenvalue weighted by Gasteiger charge is -2.29. The Balaban J connectivity index is 2.82. The second-order valence-corrected chi connectivity index (χ2v) is 6.63. The summed E-state index contributed by atoms with van der Waals surface area (Å²) in [6, 6.07) is -5.02. The number of nitrogens with zero attached hydrogens (tertiary/aromatic N) is 1. The number of hydrogen-bond donors (Lipinski definition) is 7. The summed E-state index contributed by atoms with van der Waals surface area (Å²) < 4.78 is 0. The monoisotopic (exact) mass is 417 g/mol. The maximum absolute atomic E-state index is 12.7. The number of carboxylic acid groups (broad SMARTS) is 1. The molecule has 1 heterocycles. The number of aliphatic carboxylic acids is 1.